The smallest absolute Gasteiger partial charge is 0.300 e. The summed E-state index contributed by atoms with van der Waals surface area (Å²) in [5, 5.41) is 15.6. The molecule has 0 aliphatic carbocycles. The fourth-order valence-corrected chi connectivity index (χ4v) is 2.92. The number of aryl methyl sites for hydroxylation is 1. The van der Waals surface area contributed by atoms with Crippen LogP contribution in [0.25, 0.3) is 0 Å². The Hall–Kier alpha value is -1.99. The first-order chi connectivity index (χ1) is 10.0. The predicted octanol–water partition coefficient (Wildman–Crippen LogP) is 3.20. The molecule has 1 N–H and O–H groups in total. The minimum atomic E-state index is -0.652. The fourth-order valence-electron chi connectivity index (χ4n) is 1.84. The molecule has 1 amide bonds. The minimum Gasteiger partial charge on any atom is -0.347 e. The first kappa shape index (κ1) is 15.4. The van der Waals surface area contributed by atoms with Gasteiger partial charge in [0.1, 0.15) is 16.9 Å². The van der Waals surface area contributed by atoms with Gasteiger partial charge in [0.25, 0.3) is 11.6 Å². The van der Waals surface area contributed by atoms with Crippen LogP contribution in [-0.2, 0) is 13.0 Å². The third-order valence-corrected chi connectivity index (χ3v) is 4.09. The number of nitrogens with one attached hydrogen (secondary N) is 1. The van der Waals surface area contributed by atoms with Gasteiger partial charge in [-0.2, -0.15) is 0 Å². The molecule has 0 spiro atoms. The van der Waals surface area contributed by atoms with Crippen LogP contribution in [0.5, 0.6) is 0 Å². The van der Waals surface area contributed by atoms with Gasteiger partial charge >= 0.3 is 0 Å². The summed E-state index contributed by atoms with van der Waals surface area (Å²) in [5.41, 5.74) is 0.705. The molecule has 0 atom stereocenters. The standard InChI is InChI=1S/C13H12ClN3O3S/c1-2-8-3-4-21-11(8)7-16-13(18)9-5-12(14)15-6-10(9)17(19)20/h3-6H,2,7H2,1H3,(H,16,18). The number of halogens is 1. The molecule has 0 aliphatic heterocycles. The lowest BCUT2D eigenvalue weighted by Gasteiger charge is -2.06. The van der Waals surface area contributed by atoms with Crippen molar-refractivity contribution in [3.63, 3.8) is 0 Å². The van der Waals surface area contributed by atoms with Crippen molar-refractivity contribution < 1.29 is 9.72 Å². The Morgan fingerprint density at radius 2 is 2.33 bits per heavy atom. The molecular formula is C13H12ClN3O3S. The summed E-state index contributed by atoms with van der Waals surface area (Å²) in [4.78, 5) is 27.0. The zero-order valence-electron chi connectivity index (χ0n) is 11.1. The van der Waals surface area contributed by atoms with Gasteiger partial charge in [-0.05, 0) is 29.5 Å². The topological polar surface area (TPSA) is 85.1 Å². The summed E-state index contributed by atoms with van der Waals surface area (Å²) < 4.78 is 0. The lowest BCUT2D eigenvalue weighted by Crippen LogP contribution is -2.23. The highest BCUT2D eigenvalue weighted by Gasteiger charge is 2.21. The molecule has 0 fully saturated rings. The van der Waals surface area contributed by atoms with Gasteiger partial charge in [0, 0.05) is 4.88 Å². The van der Waals surface area contributed by atoms with E-state index in [0.29, 0.717) is 6.54 Å². The van der Waals surface area contributed by atoms with Crippen LogP contribution in [0, 0.1) is 10.1 Å². The number of amides is 1. The number of aromatic nitrogens is 1. The van der Waals surface area contributed by atoms with E-state index >= 15 is 0 Å². The third kappa shape index (κ3) is 3.56. The van der Waals surface area contributed by atoms with Crippen molar-refractivity contribution >= 4 is 34.5 Å². The SMILES string of the molecule is CCc1ccsc1CNC(=O)c1cc(Cl)ncc1[N+](=O)[O-]. The van der Waals surface area contributed by atoms with Crippen LogP contribution in [0.3, 0.4) is 0 Å². The van der Waals surface area contributed by atoms with Crippen LogP contribution >= 0.6 is 22.9 Å². The molecule has 0 radical (unpaired) electrons. The van der Waals surface area contributed by atoms with Crippen molar-refractivity contribution in [1.82, 2.24) is 10.3 Å². The average Bonchev–Trinajstić information content (AvgIpc) is 2.91. The monoisotopic (exact) mass is 325 g/mol. The van der Waals surface area contributed by atoms with Crippen LogP contribution in [0.1, 0.15) is 27.7 Å². The van der Waals surface area contributed by atoms with Gasteiger partial charge in [-0.25, -0.2) is 4.98 Å². The molecular weight excluding hydrogens is 314 g/mol. The maximum atomic E-state index is 12.1. The molecule has 0 bridgehead atoms. The van der Waals surface area contributed by atoms with Gasteiger partial charge in [0.2, 0.25) is 0 Å². The number of nitrogens with zero attached hydrogens (tertiary/aromatic N) is 2. The highest BCUT2D eigenvalue weighted by Crippen LogP contribution is 2.21. The lowest BCUT2D eigenvalue weighted by atomic mass is 10.2. The van der Waals surface area contributed by atoms with E-state index in [1.54, 1.807) is 0 Å². The largest absolute Gasteiger partial charge is 0.347 e. The molecule has 0 saturated heterocycles. The Morgan fingerprint density at radius 1 is 1.57 bits per heavy atom. The number of hydrogen-bond acceptors (Lipinski definition) is 5. The number of pyridine rings is 1. The zero-order chi connectivity index (χ0) is 15.4. The Labute approximate surface area is 129 Å². The molecule has 6 nitrogen and oxygen atoms in total. The quantitative estimate of drug-likeness (QED) is 0.519. The Kier molecular flexibility index (Phi) is 4.87. The molecule has 2 heterocycles. The van der Waals surface area contributed by atoms with Gasteiger partial charge in [0.15, 0.2) is 0 Å². The summed E-state index contributed by atoms with van der Waals surface area (Å²) in [6.07, 6.45) is 1.86. The number of nitro groups is 1. The first-order valence-corrected chi connectivity index (χ1v) is 7.42. The molecule has 2 aromatic heterocycles. The maximum Gasteiger partial charge on any atom is 0.300 e. The van der Waals surface area contributed by atoms with E-state index in [1.165, 1.54) is 17.4 Å². The molecule has 110 valence electrons. The van der Waals surface area contributed by atoms with Crippen molar-refractivity contribution in [3.8, 4) is 0 Å². The minimum absolute atomic E-state index is 0.0381. The number of carbonyl (C=O) groups is 1. The van der Waals surface area contributed by atoms with Gasteiger partial charge in [-0.1, -0.05) is 18.5 Å². The molecule has 0 unspecified atom stereocenters. The van der Waals surface area contributed by atoms with Crippen molar-refractivity contribution in [1.29, 1.82) is 0 Å². The van der Waals surface area contributed by atoms with E-state index in [2.05, 4.69) is 10.3 Å². The van der Waals surface area contributed by atoms with E-state index in [0.717, 1.165) is 23.1 Å². The molecule has 2 aromatic rings. The van der Waals surface area contributed by atoms with E-state index in [1.807, 2.05) is 18.4 Å². The number of hydrogen-bond donors (Lipinski definition) is 1. The fraction of sp³-hybridized carbons (Fsp3) is 0.231. The molecule has 0 aliphatic rings. The molecule has 0 saturated carbocycles. The number of carbonyl (C=O) groups excluding carboxylic acids is 1. The first-order valence-electron chi connectivity index (χ1n) is 6.16. The van der Waals surface area contributed by atoms with Crippen LogP contribution in [0.2, 0.25) is 5.15 Å². The van der Waals surface area contributed by atoms with Crippen molar-refractivity contribution in [2.45, 2.75) is 19.9 Å². The van der Waals surface area contributed by atoms with Gasteiger partial charge in [-0.3, -0.25) is 14.9 Å². The lowest BCUT2D eigenvalue weighted by molar-refractivity contribution is -0.385. The van der Waals surface area contributed by atoms with E-state index in [4.69, 9.17) is 11.6 Å². The zero-order valence-corrected chi connectivity index (χ0v) is 12.7. The van der Waals surface area contributed by atoms with Gasteiger partial charge in [0.05, 0.1) is 11.5 Å². The summed E-state index contributed by atoms with van der Waals surface area (Å²) in [6, 6.07) is 3.20. The van der Waals surface area contributed by atoms with Crippen molar-refractivity contribution in [2.75, 3.05) is 0 Å². The van der Waals surface area contributed by atoms with Crippen LogP contribution < -0.4 is 5.32 Å². The van der Waals surface area contributed by atoms with Crippen molar-refractivity contribution in [3.05, 3.63) is 55.0 Å². The van der Waals surface area contributed by atoms with Gasteiger partial charge < -0.3 is 5.32 Å². The Balaban J connectivity index is 2.17. The summed E-state index contributed by atoms with van der Waals surface area (Å²) in [5.74, 6) is -0.540. The molecule has 8 heteroatoms. The Morgan fingerprint density at radius 3 is 3.00 bits per heavy atom. The van der Waals surface area contributed by atoms with Crippen molar-refractivity contribution in [2.24, 2.45) is 0 Å². The van der Waals surface area contributed by atoms with E-state index < -0.39 is 10.8 Å². The average molecular weight is 326 g/mol. The molecule has 0 aromatic carbocycles. The second-order valence-corrected chi connectivity index (χ2v) is 5.57. The maximum absolute atomic E-state index is 12.1. The highest BCUT2D eigenvalue weighted by molar-refractivity contribution is 7.10. The molecule has 21 heavy (non-hydrogen) atoms. The second kappa shape index (κ2) is 6.64. The third-order valence-electron chi connectivity index (χ3n) is 2.92. The van der Waals surface area contributed by atoms with Gasteiger partial charge in [-0.15, -0.1) is 11.3 Å². The summed E-state index contributed by atoms with van der Waals surface area (Å²) in [7, 11) is 0. The number of thiophene rings is 1. The van der Waals surface area contributed by atoms with E-state index in [-0.39, 0.29) is 16.4 Å². The molecule has 2 rings (SSSR count). The second-order valence-electron chi connectivity index (χ2n) is 4.19. The van der Waals surface area contributed by atoms with Crippen LogP contribution in [-0.4, -0.2) is 15.8 Å². The number of rotatable bonds is 5. The van der Waals surface area contributed by atoms with Crippen LogP contribution in [0.15, 0.2) is 23.7 Å². The van der Waals surface area contributed by atoms with Crippen LogP contribution in [0.4, 0.5) is 5.69 Å². The predicted molar refractivity (Wildman–Crippen MR) is 80.8 cm³/mol. The Bertz CT molecular complexity index is 687. The highest BCUT2D eigenvalue weighted by atomic mass is 35.5. The van der Waals surface area contributed by atoms with E-state index in [9.17, 15) is 14.9 Å². The normalized spacial score (nSPS) is 10.4. The summed E-state index contributed by atoms with van der Waals surface area (Å²) >= 11 is 7.24. The summed E-state index contributed by atoms with van der Waals surface area (Å²) in [6.45, 7) is 2.36.